The maximum atomic E-state index is 12.0. The highest BCUT2D eigenvalue weighted by Gasteiger charge is 2.20. The number of nitrogens with one attached hydrogen (secondary N) is 2. The number of esters is 1. The fourth-order valence-electron chi connectivity index (χ4n) is 2.60. The Morgan fingerprint density at radius 2 is 2.03 bits per heavy atom. The fraction of sp³-hybridized carbons (Fsp3) is 0.450. The number of carbonyl (C=O) groups is 1. The molecule has 0 saturated carbocycles. The lowest BCUT2D eigenvalue weighted by atomic mass is 10.1. The van der Waals surface area contributed by atoms with E-state index < -0.39 is 0 Å². The number of carbonyl (C=O) groups excluding carboxylic acids is 1. The lowest BCUT2D eigenvalue weighted by molar-refractivity contribution is 0.0531. The average Bonchev–Trinajstić information content (AvgIpc) is 3.07. The van der Waals surface area contributed by atoms with Gasteiger partial charge < -0.3 is 15.4 Å². The molecular weight excluding hydrogens is 523 g/mol. The maximum absolute atomic E-state index is 12.0. The van der Waals surface area contributed by atoms with Crippen LogP contribution in [0.3, 0.4) is 0 Å². The Bertz CT molecular complexity index is 811. The Morgan fingerprint density at radius 3 is 2.66 bits per heavy atom. The number of benzene rings is 1. The fourth-order valence-corrected chi connectivity index (χ4v) is 3.69. The quantitative estimate of drug-likeness (QED) is 0.163. The first kappa shape index (κ1) is 25.6. The molecule has 1 aromatic heterocycles. The van der Waals surface area contributed by atoms with Crippen molar-refractivity contribution in [1.82, 2.24) is 15.6 Å². The van der Waals surface area contributed by atoms with Gasteiger partial charge in [-0.05, 0) is 51.3 Å². The van der Waals surface area contributed by atoms with Crippen molar-refractivity contribution in [2.75, 3.05) is 20.2 Å². The van der Waals surface area contributed by atoms with Gasteiger partial charge in [0.15, 0.2) is 5.96 Å². The molecule has 2 N–H and O–H groups in total. The number of rotatable bonds is 8. The molecule has 0 aliphatic rings. The molecule has 1 atom stereocenters. The van der Waals surface area contributed by atoms with E-state index in [4.69, 9.17) is 16.3 Å². The minimum Gasteiger partial charge on any atom is -0.462 e. The Hall–Kier alpha value is -1.39. The molecule has 0 radical (unpaired) electrons. The van der Waals surface area contributed by atoms with Gasteiger partial charge in [-0.15, -0.1) is 35.3 Å². The van der Waals surface area contributed by atoms with Crippen molar-refractivity contribution in [3.63, 3.8) is 0 Å². The lowest BCUT2D eigenvalue weighted by Gasteiger charge is -2.16. The number of aryl methyl sites for hydroxylation is 2. The van der Waals surface area contributed by atoms with E-state index in [0.29, 0.717) is 23.1 Å². The summed E-state index contributed by atoms with van der Waals surface area (Å²) in [5.41, 5.74) is 1.95. The van der Waals surface area contributed by atoms with Crippen LogP contribution in [-0.2, 0) is 11.2 Å². The molecule has 0 saturated heterocycles. The van der Waals surface area contributed by atoms with Crippen molar-refractivity contribution in [2.45, 2.75) is 39.7 Å². The van der Waals surface area contributed by atoms with Gasteiger partial charge in [-0.2, -0.15) is 0 Å². The second kappa shape index (κ2) is 13.0. The summed E-state index contributed by atoms with van der Waals surface area (Å²) in [6.45, 7) is 6.75. The van der Waals surface area contributed by atoms with Gasteiger partial charge >= 0.3 is 5.97 Å². The van der Waals surface area contributed by atoms with Crippen LogP contribution < -0.4 is 10.6 Å². The van der Waals surface area contributed by atoms with Crippen LogP contribution in [0, 0.1) is 6.92 Å². The smallest absolute Gasteiger partial charge is 0.350 e. The summed E-state index contributed by atoms with van der Waals surface area (Å²) in [6, 6.07) is 7.83. The summed E-state index contributed by atoms with van der Waals surface area (Å²) in [7, 11) is 1.73. The predicted molar refractivity (Wildman–Crippen MR) is 131 cm³/mol. The van der Waals surface area contributed by atoms with Crippen LogP contribution in [0.25, 0.3) is 0 Å². The highest BCUT2D eigenvalue weighted by atomic mass is 127. The number of hydrogen-bond acceptors (Lipinski definition) is 5. The van der Waals surface area contributed by atoms with E-state index in [1.165, 1.54) is 16.9 Å². The number of nitrogens with zero attached hydrogens (tertiary/aromatic N) is 2. The highest BCUT2D eigenvalue weighted by Crippen LogP contribution is 2.24. The molecule has 2 rings (SSSR count). The normalized spacial score (nSPS) is 12.1. The van der Waals surface area contributed by atoms with Crippen LogP contribution in [0.5, 0.6) is 0 Å². The van der Waals surface area contributed by atoms with Gasteiger partial charge in [-0.3, -0.25) is 4.99 Å². The molecule has 0 amide bonds. The first-order chi connectivity index (χ1) is 13.4. The van der Waals surface area contributed by atoms with Crippen molar-refractivity contribution >= 4 is 58.8 Å². The zero-order valence-corrected chi connectivity index (χ0v) is 21.0. The molecule has 1 aromatic carbocycles. The minimum atomic E-state index is -0.319. The van der Waals surface area contributed by atoms with E-state index in [-0.39, 0.29) is 36.0 Å². The third-order valence-electron chi connectivity index (χ3n) is 4.07. The van der Waals surface area contributed by atoms with Crippen LogP contribution in [0.1, 0.15) is 52.2 Å². The number of aliphatic imine (C=N–C) groups is 1. The second-order valence-electron chi connectivity index (χ2n) is 6.28. The first-order valence-corrected chi connectivity index (χ1v) is 10.5. The number of ether oxygens (including phenoxy) is 1. The number of aromatic nitrogens is 1. The Morgan fingerprint density at radius 1 is 1.34 bits per heavy atom. The Kier molecular flexibility index (Phi) is 11.5. The number of hydrogen-bond donors (Lipinski definition) is 2. The van der Waals surface area contributed by atoms with Crippen LogP contribution in [-0.4, -0.2) is 37.1 Å². The molecule has 0 aliphatic carbocycles. The van der Waals surface area contributed by atoms with E-state index >= 15 is 0 Å². The zero-order valence-electron chi connectivity index (χ0n) is 17.1. The largest absolute Gasteiger partial charge is 0.462 e. The molecule has 1 unspecified atom stereocenters. The van der Waals surface area contributed by atoms with Crippen LogP contribution in [0.4, 0.5) is 0 Å². The van der Waals surface area contributed by atoms with Crippen molar-refractivity contribution in [1.29, 1.82) is 0 Å². The number of thiazole rings is 1. The van der Waals surface area contributed by atoms with Crippen molar-refractivity contribution in [3.8, 4) is 0 Å². The van der Waals surface area contributed by atoms with Gasteiger partial charge in [0.2, 0.25) is 0 Å². The average molecular weight is 551 g/mol. The summed E-state index contributed by atoms with van der Waals surface area (Å²) in [5, 5.41) is 8.21. The number of guanidine groups is 1. The lowest BCUT2D eigenvalue weighted by Crippen LogP contribution is -2.39. The van der Waals surface area contributed by atoms with Gasteiger partial charge in [0, 0.05) is 18.6 Å². The molecular formula is C20H28ClIN4O2S. The van der Waals surface area contributed by atoms with Crippen LogP contribution in [0.2, 0.25) is 5.02 Å². The maximum Gasteiger partial charge on any atom is 0.350 e. The second-order valence-corrected chi connectivity index (χ2v) is 7.75. The molecule has 1 heterocycles. The topological polar surface area (TPSA) is 75.6 Å². The monoisotopic (exact) mass is 550 g/mol. The number of halogens is 2. The minimum absolute atomic E-state index is 0. The zero-order chi connectivity index (χ0) is 20.5. The highest BCUT2D eigenvalue weighted by molar-refractivity contribution is 14.0. The van der Waals surface area contributed by atoms with Gasteiger partial charge in [0.1, 0.15) is 9.88 Å². The van der Waals surface area contributed by atoms with Crippen LogP contribution >= 0.6 is 46.9 Å². The summed E-state index contributed by atoms with van der Waals surface area (Å²) in [5.74, 6) is 0.384. The predicted octanol–water partition coefficient (Wildman–Crippen LogP) is 4.76. The molecule has 0 spiro atoms. The third kappa shape index (κ3) is 8.10. The summed E-state index contributed by atoms with van der Waals surface area (Å²) >= 11 is 7.26. The van der Waals surface area contributed by atoms with Gasteiger partial charge in [0.25, 0.3) is 0 Å². The standard InChI is InChI=1S/C20H27ClN4O2S.HI/c1-5-27-19(26)17-13(2)24-18(28-17)14(3)25-20(22-4)23-12-6-7-15-8-10-16(21)11-9-15;/h8-11,14H,5-7,12H2,1-4H3,(H2,22,23,25);1H. The molecule has 0 aliphatic heterocycles. The van der Waals surface area contributed by atoms with Crippen molar-refractivity contribution in [3.05, 3.63) is 50.4 Å². The molecule has 0 bridgehead atoms. The van der Waals surface area contributed by atoms with E-state index in [2.05, 4.69) is 20.6 Å². The summed E-state index contributed by atoms with van der Waals surface area (Å²) < 4.78 is 5.08. The Labute approximate surface area is 198 Å². The summed E-state index contributed by atoms with van der Waals surface area (Å²) in [4.78, 5) is 21.3. The molecule has 29 heavy (non-hydrogen) atoms. The molecule has 2 aromatic rings. The molecule has 6 nitrogen and oxygen atoms in total. The molecule has 0 fully saturated rings. The Balaban J connectivity index is 0.00000420. The van der Waals surface area contributed by atoms with E-state index in [9.17, 15) is 4.79 Å². The molecule has 160 valence electrons. The summed E-state index contributed by atoms with van der Waals surface area (Å²) in [6.07, 6.45) is 1.94. The van der Waals surface area contributed by atoms with Gasteiger partial charge in [-0.1, -0.05) is 23.7 Å². The van der Waals surface area contributed by atoms with E-state index in [1.54, 1.807) is 14.0 Å². The van der Waals surface area contributed by atoms with Crippen molar-refractivity contribution < 1.29 is 9.53 Å². The SMILES string of the molecule is CCOC(=O)c1sc(C(C)NC(=NC)NCCCc2ccc(Cl)cc2)nc1C.I. The van der Waals surface area contributed by atoms with E-state index in [0.717, 1.165) is 29.4 Å². The van der Waals surface area contributed by atoms with Gasteiger partial charge in [-0.25, -0.2) is 9.78 Å². The first-order valence-electron chi connectivity index (χ1n) is 9.30. The van der Waals surface area contributed by atoms with E-state index in [1.807, 2.05) is 38.1 Å². The third-order valence-corrected chi connectivity index (χ3v) is 5.64. The van der Waals surface area contributed by atoms with Crippen LogP contribution in [0.15, 0.2) is 29.3 Å². The van der Waals surface area contributed by atoms with Crippen molar-refractivity contribution in [2.24, 2.45) is 4.99 Å². The van der Waals surface area contributed by atoms with Gasteiger partial charge in [0.05, 0.1) is 18.3 Å². The molecule has 9 heteroatoms.